The maximum absolute atomic E-state index is 8.98. The average molecular weight is 159 g/mol. The summed E-state index contributed by atoms with van der Waals surface area (Å²) in [6.07, 6.45) is 3.11. The first-order valence-corrected chi connectivity index (χ1v) is 4.53. The van der Waals surface area contributed by atoms with Gasteiger partial charge in [0.1, 0.15) is 0 Å². The third-order valence-corrected chi connectivity index (χ3v) is 1.77. The van der Waals surface area contributed by atoms with Gasteiger partial charge in [0.2, 0.25) is 0 Å². The molecule has 11 heavy (non-hydrogen) atoms. The second kappa shape index (κ2) is 6.62. The topological polar surface area (TPSA) is 23.5 Å². The molecule has 0 saturated heterocycles. The minimum Gasteiger partial charge on any atom is -0.393 e. The molecule has 0 bridgehead atoms. The van der Waals surface area contributed by atoms with Gasteiger partial charge in [-0.05, 0) is 46.3 Å². The van der Waals surface area contributed by atoms with Gasteiger partial charge in [0.05, 0.1) is 6.10 Å². The molecule has 1 N–H and O–H groups in total. The van der Waals surface area contributed by atoms with Crippen LogP contribution in [0.3, 0.4) is 0 Å². The second-order valence-corrected chi connectivity index (χ2v) is 3.29. The van der Waals surface area contributed by atoms with Crippen molar-refractivity contribution < 1.29 is 5.11 Å². The van der Waals surface area contributed by atoms with Gasteiger partial charge in [0.15, 0.2) is 0 Å². The van der Waals surface area contributed by atoms with Crippen LogP contribution in [0.15, 0.2) is 0 Å². The van der Waals surface area contributed by atoms with Gasteiger partial charge in [-0.25, -0.2) is 0 Å². The molecule has 1 atom stereocenters. The van der Waals surface area contributed by atoms with E-state index in [9.17, 15) is 0 Å². The molecule has 2 heteroatoms. The van der Waals surface area contributed by atoms with E-state index in [1.54, 1.807) is 0 Å². The summed E-state index contributed by atoms with van der Waals surface area (Å²) in [5.74, 6) is 0. The van der Waals surface area contributed by atoms with Crippen molar-refractivity contribution in [3.8, 4) is 0 Å². The molecule has 0 aromatic rings. The maximum Gasteiger partial charge on any atom is 0.0512 e. The van der Waals surface area contributed by atoms with Crippen LogP contribution in [0.1, 0.15) is 33.1 Å². The van der Waals surface area contributed by atoms with Crippen molar-refractivity contribution >= 4 is 0 Å². The van der Waals surface area contributed by atoms with E-state index in [1.807, 2.05) is 6.92 Å². The molecule has 0 aromatic heterocycles. The molecule has 0 aromatic carbocycles. The van der Waals surface area contributed by atoms with E-state index in [4.69, 9.17) is 5.11 Å². The van der Waals surface area contributed by atoms with E-state index < -0.39 is 0 Å². The number of nitrogens with zero attached hydrogens (tertiary/aromatic N) is 1. The van der Waals surface area contributed by atoms with Crippen LogP contribution in [0, 0.1) is 0 Å². The largest absolute Gasteiger partial charge is 0.393 e. The molecule has 0 fully saturated rings. The van der Waals surface area contributed by atoms with Crippen molar-refractivity contribution in [2.45, 2.75) is 39.2 Å². The first kappa shape index (κ1) is 10.9. The molecule has 0 heterocycles. The van der Waals surface area contributed by atoms with Gasteiger partial charge in [0, 0.05) is 0 Å². The van der Waals surface area contributed by atoms with Crippen LogP contribution < -0.4 is 0 Å². The highest BCUT2D eigenvalue weighted by Crippen LogP contribution is 1.97. The van der Waals surface area contributed by atoms with Crippen LogP contribution in [0.25, 0.3) is 0 Å². The zero-order chi connectivity index (χ0) is 8.69. The van der Waals surface area contributed by atoms with Crippen LogP contribution in [-0.2, 0) is 0 Å². The number of rotatable bonds is 6. The standard InChI is InChI=1S/C9H21NO/c1-4-7-10(3)8-5-6-9(2)11/h9,11H,4-8H2,1-3H3. The predicted molar refractivity (Wildman–Crippen MR) is 48.7 cm³/mol. The highest BCUT2D eigenvalue weighted by Gasteiger charge is 1.98. The lowest BCUT2D eigenvalue weighted by Gasteiger charge is -2.15. The van der Waals surface area contributed by atoms with Gasteiger partial charge in [0.25, 0.3) is 0 Å². The number of hydrogen-bond donors (Lipinski definition) is 1. The SMILES string of the molecule is CCCN(C)CCCC(C)O. The van der Waals surface area contributed by atoms with Crippen LogP contribution in [-0.4, -0.2) is 36.2 Å². The summed E-state index contributed by atoms with van der Waals surface area (Å²) in [6, 6.07) is 0. The fourth-order valence-corrected chi connectivity index (χ4v) is 1.15. The summed E-state index contributed by atoms with van der Waals surface area (Å²) in [5.41, 5.74) is 0. The molecule has 0 rings (SSSR count). The molecule has 0 aliphatic carbocycles. The summed E-state index contributed by atoms with van der Waals surface area (Å²) in [5, 5.41) is 8.98. The van der Waals surface area contributed by atoms with E-state index >= 15 is 0 Å². The molecule has 0 saturated carbocycles. The zero-order valence-corrected chi connectivity index (χ0v) is 8.01. The van der Waals surface area contributed by atoms with Crippen molar-refractivity contribution in [2.24, 2.45) is 0 Å². The first-order chi connectivity index (χ1) is 5.16. The molecule has 68 valence electrons. The monoisotopic (exact) mass is 159 g/mol. The van der Waals surface area contributed by atoms with Crippen molar-refractivity contribution in [3.05, 3.63) is 0 Å². The van der Waals surface area contributed by atoms with Crippen molar-refractivity contribution in [1.82, 2.24) is 4.90 Å². The predicted octanol–water partition coefficient (Wildman–Crippen LogP) is 1.49. The molecular formula is C9H21NO. The highest BCUT2D eigenvalue weighted by atomic mass is 16.3. The lowest BCUT2D eigenvalue weighted by atomic mass is 10.2. The third-order valence-electron chi connectivity index (χ3n) is 1.77. The second-order valence-electron chi connectivity index (χ2n) is 3.29. The van der Waals surface area contributed by atoms with E-state index in [0.717, 1.165) is 19.4 Å². The Labute approximate surface area is 70.2 Å². The summed E-state index contributed by atoms with van der Waals surface area (Å²) in [6.45, 7) is 6.31. The number of hydrogen-bond acceptors (Lipinski definition) is 2. The summed E-state index contributed by atoms with van der Waals surface area (Å²) in [4.78, 5) is 2.31. The Bertz CT molecular complexity index is 83.6. The lowest BCUT2D eigenvalue weighted by Crippen LogP contribution is -2.21. The molecule has 0 spiro atoms. The van der Waals surface area contributed by atoms with Gasteiger partial charge >= 0.3 is 0 Å². The molecule has 0 aliphatic rings. The molecular weight excluding hydrogens is 138 g/mol. The Balaban J connectivity index is 3.10. The number of aliphatic hydroxyl groups is 1. The van der Waals surface area contributed by atoms with Gasteiger partial charge < -0.3 is 10.0 Å². The minimum atomic E-state index is -0.134. The Morgan fingerprint density at radius 1 is 1.36 bits per heavy atom. The molecule has 1 unspecified atom stereocenters. The molecule has 0 amide bonds. The lowest BCUT2D eigenvalue weighted by molar-refractivity contribution is 0.174. The van der Waals surface area contributed by atoms with E-state index in [2.05, 4.69) is 18.9 Å². The summed E-state index contributed by atoms with van der Waals surface area (Å²) < 4.78 is 0. The van der Waals surface area contributed by atoms with Crippen molar-refractivity contribution in [1.29, 1.82) is 0 Å². The third kappa shape index (κ3) is 7.82. The summed E-state index contributed by atoms with van der Waals surface area (Å²) >= 11 is 0. The molecule has 2 nitrogen and oxygen atoms in total. The Morgan fingerprint density at radius 2 is 2.00 bits per heavy atom. The van der Waals surface area contributed by atoms with E-state index in [0.29, 0.717) is 0 Å². The average Bonchev–Trinajstić information content (AvgIpc) is 1.87. The summed E-state index contributed by atoms with van der Waals surface area (Å²) in [7, 11) is 2.13. The quantitative estimate of drug-likeness (QED) is 0.634. The minimum absolute atomic E-state index is 0.134. The zero-order valence-electron chi connectivity index (χ0n) is 8.01. The van der Waals surface area contributed by atoms with E-state index in [1.165, 1.54) is 13.0 Å². The van der Waals surface area contributed by atoms with Gasteiger partial charge in [-0.15, -0.1) is 0 Å². The smallest absolute Gasteiger partial charge is 0.0512 e. The van der Waals surface area contributed by atoms with Gasteiger partial charge in [-0.2, -0.15) is 0 Å². The van der Waals surface area contributed by atoms with Crippen LogP contribution in [0.4, 0.5) is 0 Å². The fourth-order valence-electron chi connectivity index (χ4n) is 1.15. The molecule has 0 aliphatic heterocycles. The van der Waals surface area contributed by atoms with Gasteiger partial charge in [-0.3, -0.25) is 0 Å². The fraction of sp³-hybridized carbons (Fsp3) is 1.00. The van der Waals surface area contributed by atoms with Crippen molar-refractivity contribution in [2.75, 3.05) is 20.1 Å². The Morgan fingerprint density at radius 3 is 2.45 bits per heavy atom. The first-order valence-electron chi connectivity index (χ1n) is 4.53. The maximum atomic E-state index is 8.98. The Hall–Kier alpha value is -0.0800. The Kier molecular flexibility index (Phi) is 6.57. The van der Waals surface area contributed by atoms with Crippen LogP contribution in [0.2, 0.25) is 0 Å². The molecule has 0 radical (unpaired) electrons. The van der Waals surface area contributed by atoms with Crippen LogP contribution >= 0.6 is 0 Å². The van der Waals surface area contributed by atoms with Crippen molar-refractivity contribution in [3.63, 3.8) is 0 Å². The number of aliphatic hydroxyl groups excluding tert-OH is 1. The highest BCUT2D eigenvalue weighted by molar-refractivity contribution is 4.53. The van der Waals surface area contributed by atoms with Gasteiger partial charge in [-0.1, -0.05) is 6.92 Å². The van der Waals surface area contributed by atoms with Crippen LogP contribution in [0.5, 0.6) is 0 Å². The van der Waals surface area contributed by atoms with E-state index in [-0.39, 0.29) is 6.10 Å². The normalized spacial score (nSPS) is 13.9.